The summed E-state index contributed by atoms with van der Waals surface area (Å²) >= 11 is 0. The number of aromatic nitrogens is 2. The number of rotatable bonds is 8. The number of fused-ring (bicyclic) bond motifs is 1. The Bertz CT molecular complexity index is 1040. The molecular formula is C26H33N5O. The van der Waals surface area contributed by atoms with E-state index in [-0.39, 0.29) is 11.8 Å². The van der Waals surface area contributed by atoms with Crippen LogP contribution in [-0.4, -0.2) is 33.8 Å². The van der Waals surface area contributed by atoms with Crippen LogP contribution in [0.3, 0.4) is 0 Å². The van der Waals surface area contributed by atoms with E-state index in [1.54, 1.807) is 12.2 Å². The van der Waals surface area contributed by atoms with Crippen molar-refractivity contribution in [1.82, 2.24) is 9.55 Å². The first-order chi connectivity index (χ1) is 15.5. The second-order valence-corrected chi connectivity index (χ2v) is 8.87. The number of para-hydroxylation sites is 1. The molecule has 0 radical (unpaired) electrons. The average Bonchev–Trinajstić information content (AvgIpc) is 3.12. The lowest BCUT2D eigenvalue weighted by molar-refractivity contribution is -0.119. The Labute approximate surface area is 190 Å². The maximum atomic E-state index is 13.0. The molecule has 0 amide bonds. The second-order valence-electron chi connectivity index (χ2n) is 8.87. The molecule has 3 N–H and O–H groups in total. The number of imidazole rings is 1. The highest BCUT2D eigenvalue weighted by atomic mass is 16.1. The normalized spacial score (nSPS) is 22.6. The summed E-state index contributed by atoms with van der Waals surface area (Å²) in [6.45, 7) is 5.80. The fourth-order valence-electron chi connectivity index (χ4n) is 4.74. The quantitative estimate of drug-likeness (QED) is 0.374. The van der Waals surface area contributed by atoms with Crippen LogP contribution in [0.4, 0.5) is 5.69 Å². The number of benzene rings is 1. The highest BCUT2D eigenvalue weighted by molar-refractivity contribution is 6.15. The lowest BCUT2D eigenvalue weighted by Gasteiger charge is -2.31. The van der Waals surface area contributed by atoms with Gasteiger partial charge in [-0.2, -0.15) is 0 Å². The van der Waals surface area contributed by atoms with Gasteiger partial charge in [-0.15, -0.1) is 0 Å². The number of aliphatic imine (C=N–C) groups is 1. The Kier molecular flexibility index (Phi) is 6.58. The number of carbonyl (C=O) groups excluding carboxylic acids is 1. The van der Waals surface area contributed by atoms with Gasteiger partial charge in [-0.25, -0.2) is 4.98 Å². The Morgan fingerprint density at radius 3 is 2.88 bits per heavy atom. The summed E-state index contributed by atoms with van der Waals surface area (Å²) in [5, 5.41) is 3.44. The van der Waals surface area contributed by atoms with Crippen LogP contribution in [0.25, 0.3) is 0 Å². The number of anilines is 1. The van der Waals surface area contributed by atoms with Crippen molar-refractivity contribution in [3.63, 3.8) is 0 Å². The Balaban J connectivity index is 1.41. The van der Waals surface area contributed by atoms with Gasteiger partial charge in [0.25, 0.3) is 0 Å². The minimum atomic E-state index is -0.827. The number of unbranched alkanes of at least 4 members (excludes halogenated alkanes) is 2. The van der Waals surface area contributed by atoms with Crippen LogP contribution >= 0.6 is 0 Å². The van der Waals surface area contributed by atoms with Crippen LogP contribution in [0.15, 0.2) is 59.8 Å². The van der Waals surface area contributed by atoms with Crippen LogP contribution in [0.5, 0.6) is 0 Å². The smallest absolute Gasteiger partial charge is 0.173 e. The van der Waals surface area contributed by atoms with E-state index in [0.717, 1.165) is 50.3 Å². The van der Waals surface area contributed by atoms with Crippen molar-refractivity contribution in [3.8, 4) is 0 Å². The molecule has 6 heteroatoms. The van der Waals surface area contributed by atoms with Crippen molar-refractivity contribution in [1.29, 1.82) is 0 Å². The zero-order valence-corrected chi connectivity index (χ0v) is 19.1. The highest BCUT2D eigenvalue weighted by Gasteiger charge is 2.39. The summed E-state index contributed by atoms with van der Waals surface area (Å²) in [6, 6.07) is 8.31. The van der Waals surface area contributed by atoms with Crippen molar-refractivity contribution in [2.75, 3.05) is 11.9 Å². The van der Waals surface area contributed by atoms with Gasteiger partial charge in [0.05, 0.1) is 6.04 Å². The SMILES string of the molecule is Cc1cnc(C)n1CCCCCC1(C(N)=NC2CNc3ccccc3C2)C=CC=CC1=O. The van der Waals surface area contributed by atoms with Gasteiger partial charge in [0.15, 0.2) is 5.78 Å². The predicted octanol–water partition coefficient (Wildman–Crippen LogP) is 4.14. The van der Waals surface area contributed by atoms with E-state index in [4.69, 9.17) is 10.7 Å². The molecule has 2 heterocycles. The van der Waals surface area contributed by atoms with E-state index >= 15 is 0 Å². The van der Waals surface area contributed by atoms with Gasteiger partial charge >= 0.3 is 0 Å². The molecule has 4 rings (SSSR count). The van der Waals surface area contributed by atoms with Gasteiger partial charge < -0.3 is 15.6 Å². The van der Waals surface area contributed by atoms with Gasteiger partial charge in [0.1, 0.15) is 17.1 Å². The first-order valence-corrected chi connectivity index (χ1v) is 11.5. The second kappa shape index (κ2) is 9.55. The summed E-state index contributed by atoms with van der Waals surface area (Å²) in [5.74, 6) is 1.52. The zero-order chi connectivity index (χ0) is 22.6. The molecule has 2 atom stereocenters. The maximum absolute atomic E-state index is 13.0. The lowest BCUT2D eigenvalue weighted by Crippen LogP contribution is -2.44. The number of ketones is 1. The van der Waals surface area contributed by atoms with Gasteiger partial charge in [0, 0.05) is 30.7 Å². The van der Waals surface area contributed by atoms with Crippen molar-refractivity contribution in [2.24, 2.45) is 16.1 Å². The molecule has 2 aliphatic rings. The van der Waals surface area contributed by atoms with Crippen molar-refractivity contribution >= 4 is 17.3 Å². The van der Waals surface area contributed by atoms with E-state index in [0.29, 0.717) is 12.3 Å². The fraction of sp³-hybridized carbons (Fsp3) is 0.423. The molecule has 2 aromatic rings. The number of allylic oxidation sites excluding steroid dienone is 3. The largest absolute Gasteiger partial charge is 0.386 e. The highest BCUT2D eigenvalue weighted by Crippen LogP contribution is 2.33. The van der Waals surface area contributed by atoms with Crippen molar-refractivity contribution < 1.29 is 4.79 Å². The van der Waals surface area contributed by atoms with Crippen molar-refractivity contribution in [3.05, 3.63) is 71.8 Å². The van der Waals surface area contributed by atoms with Crippen LogP contribution in [-0.2, 0) is 17.8 Å². The Morgan fingerprint density at radius 1 is 1.25 bits per heavy atom. The number of amidine groups is 1. The van der Waals surface area contributed by atoms with E-state index in [1.165, 1.54) is 11.3 Å². The summed E-state index contributed by atoms with van der Waals surface area (Å²) < 4.78 is 2.24. The number of nitrogens with zero attached hydrogens (tertiary/aromatic N) is 3. The minimum Gasteiger partial charge on any atom is -0.386 e. The third-order valence-corrected chi connectivity index (χ3v) is 6.67. The molecule has 1 aliphatic heterocycles. The molecule has 0 saturated carbocycles. The third kappa shape index (κ3) is 4.54. The molecule has 6 nitrogen and oxygen atoms in total. The summed E-state index contributed by atoms with van der Waals surface area (Å²) in [4.78, 5) is 22.2. The predicted molar refractivity (Wildman–Crippen MR) is 130 cm³/mol. The number of aryl methyl sites for hydroxylation is 2. The summed E-state index contributed by atoms with van der Waals surface area (Å²) in [6.07, 6.45) is 13.7. The van der Waals surface area contributed by atoms with Crippen LogP contribution in [0.1, 0.15) is 42.8 Å². The first-order valence-electron chi connectivity index (χ1n) is 11.5. The monoisotopic (exact) mass is 431 g/mol. The topological polar surface area (TPSA) is 85.3 Å². The first kappa shape index (κ1) is 22.1. The van der Waals surface area contributed by atoms with E-state index in [2.05, 4.69) is 33.9 Å². The number of carbonyl (C=O) groups is 1. The molecule has 0 spiro atoms. The van der Waals surface area contributed by atoms with Crippen LogP contribution < -0.4 is 11.1 Å². The van der Waals surface area contributed by atoms with Gasteiger partial charge in [0.2, 0.25) is 0 Å². The Morgan fingerprint density at radius 2 is 2.09 bits per heavy atom. The van der Waals surface area contributed by atoms with Gasteiger partial charge in [-0.1, -0.05) is 49.3 Å². The molecular weight excluding hydrogens is 398 g/mol. The molecule has 2 unspecified atom stereocenters. The number of hydrogen-bond acceptors (Lipinski definition) is 4. The minimum absolute atomic E-state index is 0.0288. The average molecular weight is 432 g/mol. The number of nitrogens with one attached hydrogen (secondary N) is 1. The molecule has 32 heavy (non-hydrogen) atoms. The van der Waals surface area contributed by atoms with Crippen LogP contribution in [0, 0.1) is 19.3 Å². The fourth-order valence-corrected chi connectivity index (χ4v) is 4.74. The van der Waals surface area contributed by atoms with Crippen molar-refractivity contribution in [2.45, 2.75) is 58.5 Å². The molecule has 1 aromatic heterocycles. The van der Waals surface area contributed by atoms with E-state index in [9.17, 15) is 4.79 Å². The maximum Gasteiger partial charge on any atom is 0.173 e. The molecule has 1 aromatic carbocycles. The summed E-state index contributed by atoms with van der Waals surface area (Å²) in [5.41, 5.74) is 9.32. The van der Waals surface area contributed by atoms with Gasteiger partial charge in [-0.3, -0.25) is 9.79 Å². The lowest BCUT2D eigenvalue weighted by atomic mass is 9.75. The zero-order valence-electron chi connectivity index (χ0n) is 19.1. The molecule has 168 valence electrons. The standard InChI is InChI=1S/C26H33N5O/c1-19-17-28-20(2)31(19)15-9-3-7-13-26(14-8-6-12-24(26)32)25(27)30-22-16-21-10-4-5-11-23(21)29-18-22/h4-6,8,10-12,14,17,22,29H,3,7,9,13,15-16,18H2,1-2H3,(H2,27,30). The third-order valence-electron chi connectivity index (χ3n) is 6.67. The van der Waals surface area contributed by atoms with Gasteiger partial charge in [-0.05, 0) is 50.8 Å². The molecule has 0 saturated heterocycles. The van der Waals surface area contributed by atoms with E-state index < -0.39 is 5.41 Å². The molecule has 0 bridgehead atoms. The molecule has 1 aliphatic carbocycles. The van der Waals surface area contributed by atoms with Crippen LogP contribution in [0.2, 0.25) is 0 Å². The van der Waals surface area contributed by atoms with E-state index in [1.807, 2.05) is 37.4 Å². The molecule has 0 fully saturated rings. The summed E-state index contributed by atoms with van der Waals surface area (Å²) in [7, 11) is 0. The number of nitrogens with two attached hydrogens (primary N) is 1. The Hall–Kier alpha value is -3.15. The number of hydrogen-bond donors (Lipinski definition) is 2.